The van der Waals surface area contributed by atoms with E-state index in [9.17, 15) is 0 Å². The van der Waals surface area contributed by atoms with Crippen molar-refractivity contribution in [3.05, 3.63) is 64.7 Å². The second kappa shape index (κ2) is 6.27. The van der Waals surface area contributed by atoms with Crippen molar-refractivity contribution in [3.8, 4) is 0 Å². The molecule has 1 unspecified atom stereocenters. The van der Waals surface area contributed by atoms with E-state index in [1.54, 1.807) is 11.8 Å². The highest BCUT2D eigenvalue weighted by atomic mass is 32.2. The average molecular weight is 271 g/mol. The first-order valence-electron chi connectivity index (χ1n) is 6.54. The summed E-state index contributed by atoms with van der Waals surface area (Å²) in [5.74, 6) is 0. The van der Waals surface area contributed by atoms with Gasteiger partial charge >= 0.3 is 0 Å². The van der Waals surface area contributed by atoms with E-state index in [1.165, 1.54) is 27.1 Å². The molecule has 0 aromatic heterocycles. The zero-order chi connectivity index (χ0) is 13.8. The van der Waals surface area contributed by atoms with Crippen molar-refractivity contribution >= 4 is 11.8 Å². The third kappa shape index (κ3) is 3.20. The first kappa shape index (κ1) is 14.2. The molecule has 0 aliphatic rings. The SMILES string of the molecule is CNC(c1cc(C)cc(C)c1)c1ccccc1SC. The molecular formula is C17H21NS. The fourth-order valence-electron chi connectivity index (χ4n) is 2.58. The summed E-state index contributed by atoms with van der Waals surface area (Å²) < 4.78 is 0. The molecule has 19 heavy (non-hydrogen) atoms. The molecule has 2 aromatic carbocycles. The van der Waals surface area contributed by atoms with E-state index in [0.717, 1.165) is 0 Å². The molecule has 0 fully saturated rings. The third-order valence-electron chi connectivity index (χ3n) is 3.32. The van der Waals surface area contributed by atoms with Crippen LogP contribution in [0.4, 0.5) is 0 Å². The van der Waals surface area contributed by atoms with Gasteiger partial charge in [0.15, 0.2) is 0 Å². The van der Waals surface area contributed by atoms with Crippen molar-refractivity contribution in [1.29, 1.82) is 0 Å². The Balaban J connectivity index is 2.49. The minimum atomic E-state index is 0.252. The van der Waals surface area contributed by atoms with Crippen molar-refractivity contribution in [1.82, 2.24) is 5.32 Å². The Morgan fingerprint density at radius 3 is 2.21 bits per heavy atom. The summed E-state index contributed by atoms with van der Waals surface area (Å²) in [7, 11) is 2.03. The van der Waals surface area contributed by atoms with Crippen LogP contribution in [0.15, 0.2) is 47.4 Å². The van der Waals surface area contributed by atoms with E-state index in [0.29, 0.717) is 0 Å². The fraction of sp³-hybridized carbons (Fsp3) is 0.294. The summed E-state index contributed by atoms with van der Waals surface area (Å²) in [6, 6.07) is 15.6. The van der Waals surface area contributed by atoms with Gasteiger partial charge in [0.1, 0.15) is 0 Å². The highest BCUT2D eigenvalue weighted by molar-refractivity contribution is 7.98. The molecule has 100 valence electrons. The van der Waals surface area contributed by atoms with E-state index in [4.69, 9.17) is 0 Å². The lowest BCUT2D eigenvalue weighted by molar-refractivity contribution is 0.679. The Morgan fingerprint density at radius 1 is 1.00 bits per heavy atom. The molecule has 2 heteroatoms. The van der Waals surface area contributed by atoms with Gasteiger partial charge in [-0.2, -0.15) is 0 Å². The first-order valence-corrected chi connectivity index (χ1v) is 7.76. The van der Waals surface area contributed by atoms with E-state index in [-0.39, 0.29) is 6.04 Å². The third-order valence-corrected chi connectivity index (χ3v) is 4.13. The van der Waals surface area contributed by atoms with Crippen LogP contribution in [0.25, 0.3) is 0 Å². The van der Waals surface area contributed by atoms with Gasteiger partial charge in [0, 0.05) is 4.90 Å². The topological polar surface area (TPSA) is 12.0 Å². The summed E-state index contributed by atoms with van der Waals surface area (Å²) in [4.78, 5) is 1.33. The minimum absolute atomic E-state index is 0.252. The van der Waals surface area contributed by atoms with Crippen LogP contribution in [0.3, 0.4) is 0 Å². The quantitative estimate of drug-likeness (QED) is 0.830. The molecule has 0 aliphatic carbocycles. The molecule has 0 aliphatic heterocycles. The maximum atomic E-state index is 3.45. The van der Waals surface area contributed by atoms with Crippen LogP contribution >= 0.6 is 11.8 Å². The Kier molecular flexibility index (Phi) is 4.67. The van der Waals surface area contributed by atoms with Crippen LogP contribution in [0, 0.1) is 13.8 Å². The summed E-state index contributed by atoms with van der Waals surface area (Å²) in [6.45, 7) is 4.31. The molecule has 1 atom stereocenters. The van der Waals surface area contributed by atoms with Crippen LogP contribution in [0.1, 0.15) is 28.3 Å². The largest absolute Gasteiger partial charge is 0.309 e. The predicted molar refractivity (Wildman–Crippen MR) is 85.0 cm³/mol. The zero-order valence-corrected chi connectivity index (χ0v) is 12.8. The number of nitrogens with one attached hydrogen (secondary N) is 1. The van der Waals surface area contributed by atoms with Gasteiger partial charge in [0.25, 0.3) is 0 Å². The zero-order valence-electron chi connectivity index (χ0n) is 12.0. The second-order valence-corrected chi connectivity index (χ2v) is 5.73. The summed E-state index contributed by atoms with van der Waals surface area (Å²) in [5.41, 5.74) is 5.32. The van der Waals surface area contributed by atoms with Gasteiger partial charge in [-0.15, -0.1) is 11.8 Å². The molecule has 0 saturated heterocycles. The van der Waals surface area contributed by atoms with Crippen molar-refractivity contribution in [2.24, 2.45) is 0 Å². The Bertz CT molecular complexity index is 543. The molecule has 1 nitrogen and oxygen atoms in total. The number of thioether (sulfide) groups is 1. The highest BCUT2D eigenvalue weighted by Crippen LogP contribution is 2.30. The molecule has 0 heterocycles. The molecule has 2 rings (SSSR count). The molecule has 0 bridgehead atoms. The lowest BCUT2D eigenvalue weighted by atomic mass is 9.96. The highest BCUT2D eigenvalue weighted by Gasteiger charge is 2.15. The van der Waals surface area contributed by atoms with Crippen LogP contribution in [-0.2, 0) is 0 Å². The Hall–Kier alpha value is -1.25. The van der Waals surface area contributed by atoms with Gasteiger partial charge < -0.3 is 5.32 Å². The molecule has 0 amide bonds. The van der Waals surface area contributed by atoms with Crippen molar-refractivity contribution in [2.75, 3.05) is 13.3 Å². The maximum Gasteiger partial charge on any atom is 0.0585 e. The van der Waals surface area contributed by atoms with Crippen molar-refractivity contribution in [3.63, 3.8) is 0 Å². The van der Waals surface area contributed by atoms with E-state index in [2.05, 4.69) is 67.9 Å². The molecular weight excluding hydrogens is 250 g/mol. The lowest BCUT2D eigenvalue weighted by Gasteiger charge is -2.21. The average Bonchev–Trinajstić information content (AvgIpc) is 2.39. The van der Waals surface area contributed by atoms with Gasteiger partial charge in [-0.1, -0.05) is 47.5 Å². The van der Waals surface area contributed by atoms with E-state index < -0.39 is 0 Å². The first-order chi connectivity index (χ1) is 9.15. The summed E-state index contributed by atoms with van der Waals surface area (Å²) in [6.07, 6.45) is 2.13. The molecule has 0 saturated carbocycles. The smallest absolute Gasteiger partial charge is 0.0585 e. The maximum absolute atomic E-state index is 3.45. The number of rotatable bonds is 4. The second-order valence-electron chi connectivity index (χ2n) is 4.88. The lowest BCUT2D eigenvalue weighted by Crippen LogP contribution is -2.18. The number of hydrogen-bond donors (Lipinski definition) is 1. The molecule has 2 aromatic rings. The minimum Gasteiger partial charge on any atom is -0.309 e. The van der Waals surface area contributed by atoms with Gasteiger partial charge in [-0.3, -0.25) is 0 Å². The molecule has 0 radical (unpaired) electrons. The normalized spacial score (nSPS) is 12.4. The number of aryl methyl sites for hydroxylation is 2. The number of hydrogen-bond acceptors (Lipinski definition) is 2. The standard InChI is InChI=1S/C17H21NS/c1-12-9-13(2)11-14(10-12)17(18-3)15-7-5-6-8-16(15)19-4/h5-11,17-18H,1-4H3. The Morgan fingerprint density at radius 2 is 1.63 bits per heavy atom. The van der Waals surface area contributed by atoms with Gasteiger partial charge in [0.05, 0.1) is 6.04 Å². The molecule has 1 N–H and O–H groups in total. The van der Waals surface area contributed by atoms with Gasteiger partial charge in [-0.25, -0.2) is 0 Å². The summed E-state index contributed by atoms with van der Waals surface area (Å²) in [5, 5.41) is 3.45. The monoisotopic (exact) mass is 271 g/mol. The van der Waals surface area contributed by atoms with Crippen molar-refractivity contribution in [2.45, 2.75) is 24.8 Å². The van der Waals surface area contributed by atoms with Gasteiger partial charge in [0.2, 0.25) is 0 Å². The van der Waals surface area contributed by atoms with Crippen LogP contribution in [-0.4, -0.2) is 13.3 Å². The van der Waals surface area contributed by atoms with E-state index in [1.807, 2.05) is 7.05 Å². The fourth-order valence-corrected chi connectivity index (χ4v) is 3.22. The van der Waals surface area contributed by atoms with Gasteiger partial charge in [-0.05, 0) is 44.3 Å². The van der Waals surface area contributed by atoms with E-state index >= 15 is 0 Å². The van der Waals surface area contributed by atoms with Crippen LogP contribution in [0.2, 0.25) is 0 Å². The van der Waals surface area contributed by atoms with Crippen LogP contribution in [0.5, 0.6) is 0 Å². The predicted octanol–water partition coefficient (Wildman–Crippen LogP) is 4.33. The van der Waals surface area contributed by atoms with Crippen LogP contribution < -0.4 is 5.32 Å². The van der Waals surface area contributed by atoms with Crippen molar-refractivity contribution < 1.29 is 0 Å². The molecule has 0 spiro atoms. The Labute approximate surface area is 120 Å². The summed E-state index contributed by atoms with van der Waals surface area (Å²) >= 11 is 1.80. The number of benzene rings is 2.